The molecule has 19 heavy (non-hydrogen) atoms. The molecule has 1 fully saturated rings. The first-order valence-electron chi connectivity index (χ1n) is 5.83. The van der Waals surface area contributed by atoms with Gasteiger partial charge in [0.1, 0.15) is 16.9 Å². The van der Waals surface area contributed by atoms with Crippen LogP contribution in [-0.2, 0) is 0 Å². The fraction of sp³-hybridized carbons (Fsp3) is 0.455. The number of nitrogens with two attached hydrogens (primary N) is 1. The van der Waals surface area contributed by atoms with Gasteiger partial charge in [-0.05, 0) is 24.8 Å². The average molecular weight is 285 g/mol. The maximum Gasteiger partial charge on any atom is 0.300 e. The summed E-state index contributed by atoms with van der Waals surface area (Å²) >= 11 is 5.67. The number of halogens is 1. The van der Waals surface area contributed by atoms with Crippen LogP contribution in [0.4, 0.5) is 5.69 Å². The Morgan fingerprint density at radius 1 is 1.68 bits per heavy atom. The monoisotopic (exact) mass is 284 g/mol. The lowest BCUT2D eigenvalue weighted by atomic mass is 10.1. The van der Waals surface area contributed by atoms with E-state index in [0.717, 1.165) is 19.0 Å². The first-order valence-corrected chi connectivity index (χ1v) is 6.21. The molecule has 0 spiro atoms. The van der Waals surface area contributed by atoms with Crippen LogP contribution < -0.4 is 11.1 Å². The topological polar surface area (TPSA) is 111 Å². The van der Waals surface area contributed by atoms with E-state index in [9.17, 15) is 14.9 Å². The molecule has 0 aliphatic heterocycles. The number of rotatable bonds is 5. The van der Waals surface area contributed by atoms with E-state index in [1.54, 1.807) is 0 Å². The van der Waals surface area contributed by atoms with Gasteiger partial charge in [0, 0.05) is 12.6 Å². The summed E-state index contributed by atoms with van der Waals surface area (Å²) in [5.41, 5.74) is 5.12. The zero-order valence-electron chi connectivity index (χ0n) is 10.0. The molecule has 1 atom stereocenters. The minimum Gasteiger partial charge on any atom is -0.348 e. The summed E-state index contributed by atoms with van der Waals surface area (Å²) in [6, 6.07) is 1.04. The van der Waals surface area contributed by atoms with Gasteiger partial charge in [0.25, 0.3) is 11.6 Å². The lowest BCUT2D eigenvalue weighted by Gasteiger charge is -2.15. The lowest BCUT2D eigenvalue weighted by molar-refractivity contribution is -0.385. The summed E-state index contributed by atoms with van der Waals surface area (Å²) in [6.07, 6.45) is 3.01. The molecule has 0 bridgehead atoms. The Bertz CT molecular complexity index is 519. The van der Waals surface area contributed by atoms with Crippen LogP contribution in [0, 0.1) is 16.0 Å². The Labute approximate surface area is 114 Å². The van der Waals surface area contributed by atoms with Gasteiger partial charge in [-0.1, -0.05) is 11.6 Å². The van der Waals surface area contributed by atoms with Crippen molar-refractivity contribution in [3.8, 4) is 0 Å². The second-order valence-corrected chi connectivity index (χ2v) is 4.82. The highest BCUT2D eigenvalue weighted by Crippen LogP contribution is 2.32. The molecule has 0 saturated heterocycles. The minimum atomic E-state index is -0.660. The Morgan fingerprint density at radius 3 is 2.89 bits per heavy atom. The molecule has 1 unspecified atom stereocenters. The average Bonchev–Trinajstić information content (AvgIpc) is 3.19. The fourth-order valence-corrected chi connectivity index (χ4v) is 2.02. The number of hydrogen-bond acceptors (Lipinski definition) is 5. The van der Waals surface area contributed by atoms with Gasteiger partial charge in [-0.2, -0.15) is 0 Å². The van der Waals surface area contributed by atoms with Crippen molar-refractivity contribution < 1.29 is 9.72 Å². The van der Waals surface area contributed by atoms with Crippen molar-refractivity contribution in [3.63, 3.8) is 0 Å². The molecule has 1 aliphatic rings. The molecule has 1 aliphatic carbocycles. The third-order valence-corrected chi connectivity index (χ3v) is 3.26. The second kappa shape index (κ2) is 5.50. The van der Waals surface area contributed by atoms with Crippen molar-refractivity contribution in [2.45, 2.75) is 18.9 Å². The van der Waals surface area contributed by atoms with Crippen molar-refractivity contribution in [1.82, 2.24) is 10.3 Å². The molecule has 8 heteroatoms. The van der Waals surface area contributed by atoms with Gasteiger partial charge in [-0.25, -0.2) is 4.98 Å². The van der Waals surface area contributed by atoms with E-state index in [4.69, 9.17) is 17.3 Å². The van der Waals surface area contributed by atoms with Crippen LogP contribution in [0.5, 0.6) is 0 Å². The number of carbonyl (C=O) groups is 1. The van der Waals surface area contributed by atoms with Crippen LogP contribution in [-0.4, -0.2) is 28.4 Å². The van der Waals surface area contributed by atoms with Gasteiger partial charge in [-0.15, -0.1) is 0 Å². The molecule has 7 nitrogen and oxygen atoms in total. The highest BCUT2D eigenvalue weighted by Gasteiger charge is 2.32. The SMILES string of the molecule is NCC(NC(=O)c1cc(Cl)ncc1[N+](=O)[O-])C1CC1. The number of amides is 1. The largest absolute Gasteiger partial charge is 0.348 e. The third-order valence-electron chi connectivity index (χ3n) is 3.05. The predicted molar refractivity (Wildman–Crippen MR) is 68.9 cm³/mol. The molecular formula is C11H13ClN4O3. The minimum absolute atomic E-state index is 0.0338. The first-order chi connectivity index (χ1) is 9.02. The molecule has 1 saturated carbocycles. The highest BCUT2D eigenvalue weighted by molar-refractivity contribution is 6.29. The summed E-state index contributed by atoms with van der Waals surface area (Å²) in [7, 11) is 0. The standard InChI is InChI=1S/C11H13ClN4O3/c12-10-3-7(9(5-14-10)16(18)19)11(17)15-8(4-13)6-1-2-6/h3,5-6,8H,1-2,4,13H2,(H,15,17). The Hall–Kier alpha value is -1.73. The smallest absolute Gasteiger partial charge is 0.300 e. The number of nitrogens with zero attached hydrogens (tertiary/aromatic N) is 2. The number of nitrogens with one attached hydrogen (secondary N) is 1. The maximum absolute atomic E-state index is 12.1. The van der Waals surface area contributed by atoms with E-state index in [-0.39, 0.29) is 22.4 Å². The number of aromatic nitrogens is 1. The lowest BCUT2D eigenvalue weighted by Crippen LogP contribution is -2.41. The van der Waals surface area contributed by atoms with E-state index in [2.05, 4.69) is 10.3 Å². The van der Waals surface area contributed by atoms with Crippen molar-refractivity contribution in [3.05, 3.63) is 33.1 Å². The van der Waals surface area contributed by atoms with Crippen molar-refractivity contribution >= 4 is 23.2 Å². The Morgan fingerprint density at radius 2 is 2.37 bits per heavy atom. The molecule has 1 amide bonds. The van der Waals surface area contributed by atoms with Crippen molar-refractivity contribution in [1.29, 1.82) is 0 Å². The molecule has 1 aromatic heterocycles. The molecule has 102 valence electrons. The summed E-state index contributed by atoms with van der Waals surface area (Å²) in [5, 5.41) is 13.6. The molecule has 1 aromatic rings. The van der Waals surface area contributed by atoms with E-state index >= 15 is 0 Å². The second-order valence-electron chi connectivity index (χ2n) is 4.43. The summed E-state index contributed by atoms with van der Waals surface area (Å²) in [5.74, 6) is -0.177. The number of hydrogen-bond donors (Lipinski definition) is 2. The van der Waals surface area contributed by atoms with Gasteiger partial charge in [0.15, 0.2) is 0 Å². The quantitative estimate of drug-likeness (QED) is 0.478. The normalized spacial score (nSPS) is 15.9. The molecule has 3 N–H and O–H groups in total. The van der Waals surface area contributed by atoms with E-state index < -0.39 is 10.8 Å². The van der Waals surface area contributed by atoms with Crippen LogP contribution in [0.25, 0.3) is 0 Å². The van der Waals surface area contributed by atoms with E-state index in [1.807, 2.05) is 0 Å². The Kier molecular flexibility index (Phi) is 3.96. The van der Waals surface area contributed by atoms with Gasteiger partial charge < -0.3 is 11.1 Å². The Balaban J connectivity index is 2.21. The van der Waals surface area contributed by atoms with Crippen LogP contribution in [0.3, 0.4) is 0 Å². The van der Waals surface area contributed by atoms with Gasteiger partial charge in [0.2, 0.25) is 0 Å². The van der Waals surface area contributed by atoms with Crippen LogP contribution in [0.15, 0.2) is 12.3 Å². The van der Waals surface area contributed by atoms with Gasteiger partial charge in [0.05, 0.1) is 4.92 Å². The molecule has 1 heterocycles. The van der Waals surface area contributed by atoms with Crippen LogP contribution >= 0.6 is 11.6 Å². The fourth-order valence-electron chi connectivity index (χ4n) is 1.86. The summed E-state index contributed by atoms with van der Waals surface area (Å²) < 4.78 is 0. The third kappa shape index (κ3) is 3.18. The molecular weight excluding hydrogens is 272 g/mol. The van der Waals surface area contributed by atoms with Gasteiger partial charge >= 0.3 is 0 Å². The van der Waals surface area contributed by atoms with E-state index in [1.165, 1.54) is 6.07 Å². The maximum atomic E-state index is 12.1. The number of nitro groups is 1. The highest BCUT2D eigenvalue weighted by atomic mass is 35.5. The van der Waals surface area contributed by atoms with Crippen LogP contribution in [0.2, 0.25) is 5.15 Å². The predicted octanol–water partition coefficient (Wildman–Crippen LogP) is 1.11. The summed E-state index contributed by atoms with van der Waals surface area (Å²) in [4.78, 5) is 25.9. The van der Waals surface area contributed by atoms with Crippen molar-refractivity contribution in [2.24, 2.45) is 11.7 Å². The zero-order chi connectivity index (χ0) is 14.0. The zero-order valence-corrected chi connectivity index (χ0v) is 10.8. The molecule has 2 rings (SSSR count). The van der Waals surface area contributed by atoms with Gasteiger partial charge in [-0.3, -0.25) is 14.9 Å². The van der Waals surface area contributed by atoms with Crippen molar-refractivity contribution in [2.75, 3.05) is 6.54 Å². The molecule has 0 radical (unpaired) electrons. The molecule has 0 aromatic carbocycles. The number of pyridine rings is 1. The number of carbonyl (C=O) groups excluding carboxylic acids is 1. The first kappa shape index (κ1) is 13.7. The van der Waals surface area contributed by atoms with Crippen LogP contribution in [0.1, 0.15) is 23.2 Å². The summed E-state index contributed by atoms with van der Waals surface area (Å²) in [6.45, 7) is 0.309. The van der Waals surface area contributed by atoms with E-state index in [0.29, 0.717) is 12.5 Å².